The third-order valence-electron chi connectivity index (χ3n) is 5.57. The van der Waals surface area contributed by atoms with Crippen molar-refractivity contribution in [1.82, 2.24) is 4.31 Å². The summed E-state index contributed by atoms with van der Waals surface area (Å²) in [4.78, 5) is 2.55. The highest BCUT2D eigenvalue weighted by Crippen LogP contribution is 2.37. The number of sulfonamides is 1. The van der Waals surface area contributed by atoms with Crippen LogP contribution >= 0.6 is 0 Å². The van der Waals surface area contributed by atoms with Crippen LogP contribution < -0.4 is 4.90 Å². The van der Waals surface area contributed by atoms with Gasteiger partial charge in [-0.05, 0) is 50.1 Å². The zero-order chi connectivity index (χ0) is 20.6. The number of hydrogen-bond donors (Lipinski definition) is 0. The van der Waals surface area contributed by atoms with E-state index in [1.807, 2.05) is 37.3 Å². The van der Waals surface area contributed by atoms with Crippen molar-refractivity contribution in [2.75, 3.05) is 18.1 Å². The smallest absolute Gasteiger partial charge is 0.244 e. The monoisotopic (exact) mass is 406 g/mol. The van der Waals surface area contributed by atoms with Gasteiger partial charge in [-0.2, -0.15) is 4.31 Å². The van der Waals surface area contributed by atoms with Crippen molar-refractivity contribution in [3.63, 3.8) is 0 Å². The summed E-state index contributed by atoms with van der Waals surface area (Å²) in [5.41, 5.74) is 5.59. The Balaban J connectivity index is 1.74. The second kappa shape index (κ2) is 7.65. The van der Waals surface area contributed by atoms with Crippen molar-refractivity contribution < 1.29 is 8.42 Å². The van der Waals surface area contributed by atoms with Crippen LogP contribution in [0.15, 0.2) is 77.7 Å². The van der Waals surface area contributed by atoms with Gasteiger partial charge >= 0.3 is 0 Å². The summed E-state index contributed by atoms with van der Waals surface area (Å²) in [7, 11) is -3.57. The summed E-state index contributed by atoms with van der Waals surface area (Å²) < 4.78 is 28.3. The first-order chi connectivity index (χ1) is 13.9. The van der Waals surface area contributed by atoms with Crippen molar-refractivity contribution in [3.8, 4) is 0 Å². The molecule has 0 N–H and O–H groups in total. The van der Waals surface area contributed by atoms with Crippen LogP contribution in [0.5, 0.6) is 0 Å². The molecule has 0 radical (unpaired) electrons. The highest BCUT2D eigenvalue weighted by molar-refractivity contribution is 7.89. The van der Waals surface area contributed by atoms with Gasteiger partial charge in [0.25, 0.3) is 0 Å². The van der Waals surface area contributed by atoms with E-state index in [-0.39, 0.29) is 6.04 Å². The van der Waals surface area contributed by atoms with E-state index >= 15 is 0 Å². The third kappa shape index (κ3) is 3.80. The Morgan fingerprint density at radius 3 is 2.14 bits per heavy atom. The lowest BCUT2D eigenvalue weighted by molar-refractivity contribution is 0.473. The maximum Gasteiger partial charge on any atom is 0.244 e. The predicted octanol–water partition coefficient (Wildman–Crippen LogP) is 4.82. The molecule has 0 aliphatic carbocycles. The second-order valence-corrected chi connectivity index (χ2v) is 9.72. The minimum absolute atomic E-state index is 0.0298. The topological polar surface area (TPSA) is 40.6 Å². The Bertz CT molecular complexity index is 1110. The first-order valence-electron chi connectivity index (χ1n) is 9.82. The van der Waals surface area contributed by atoms with Crippen LogP contribution in [0.4, 0.5) is 5.69 Å². The second-order valence-electron chi connectivity index (χ2n) is 7.78. The molecule has 4 rings (SSSR count). The number of aryl methyl sites for hydroxylation is 3. The van der Waals surface area contributed by atoms with Gasteiger partial charge in [0.15, 0.2) is 0 Å². The van der Waals surface area contributed by atoms with Crippen molar-refractivity contribution in [1.29, 1.82) is 0 Å². The van der Waals surface area contributed by atoms with E-state index in [4.69, 9.17) is 0 Å². The molecule has 1 saturated heterocycles. The number of anilines is 1. The number of benzene rings is 3. The molecule has 1 heterocycles. The standard InChI is InChI=1S/C24H26N2O2S/c1-18-9-12-22(13-10-18)29(27,28)25-16-24(21-7-5-4-6-8-21)26(17-25)23-14-11-19(2)15-20(23)3/h4-15,24H,16-17H2,1-3H3. The molecule has 1 fully saturated rings. The van der Waals surface area contributed by atoms with Gasteiger partial charge in [0.1, 0.15) is 0 Å². The lowest BCUT2D eigenvalue weighted by Crippen LogP contribution is -2.31. The molecule has 0 amide bonds. The Morgan fingerprint density at radius 1 is 0.828 bits per heavy atom. The van der Waals surface area contributed by atoms with Crippen molar-refractivity contribution in [2.45, 2.75) is 31.7 Å². The van der Waals surface area contributed by atoms with Crippen molar-refractivity contribution in [3.05, 3.63) is 95.1 Å². The van der Waals surface area contributed by atoms with E-state index in [0.29, 0.717) is 18.1 Å². The third-order valence-corrected chi connectivity index (χ3v) is 7.38. The molecule has 0 saturated carbocycles. The number of hydrogen-bond acceptors (Lipinski definition) is 3. The Labute approximate surface area is 173 Å². The molecule has 1 unspecified atom stereocenters. The molecular weight excluding hydrogens is 380 g/mol. The van der Waals surface area contributed by atoms with E-state index in [9.17, 15) is 8.42 Å². The zero-order valence-corrected chi connectivity index (χ0v) is 17.9. The summed E-state index contributed by atoms with van der Waals surface area (Å²) in [6.45, 7) is 6.87. The van der Waals surface area contributed by atoms with Crippen molar-refractivity contribution in [2.24, 2.45) is 0 Å². The fraction of sp³-hybridized carbons (Fsp3) is 0.250. The van der Waals surface area contributed by atoms with E-state index in [1.165, 1.54) is 5.56 Å². The summed E-state index contributed by atoms with van der Waals surface area (Å²) >= 11 is 0. The van der Waals surface area contributed by atoms with Crippen LogP contribution in [-0.2, 0) is 10.0 Å². The number of rotatable bonds is 4. The average molecular weight is 407 g/mol. The highest BCUT2D eigenvalue weighted by atomic mass is 32.2. The van der Waals surface area contributed by atoms with Gasteiger partial charge in [-0.3, -0.25) is 0 Å². The van der Waals surface area contributed by atoms with E-state index in [0.717, 1.165) is 22.4 Å². The maximum atomic E-state index is 13.3. The molecule has 1 atom stereocenters. The summed E-state index contributed by atoms with van der Waals surface area (Å²) in [6.07, 6.45) is 0. The molecule has 29 heavy (non-hydrogen) atoms. The first-order valence-corrected chi connectivity index (χ1v) is 11.3. The van der Waals surface area contributed by atoms with Crippen LogP contribution in [0.1, 0.15) is 28.3 Å². The molecule has 3 aromatic carbocycles. The Morgan fingerprint density at radius 2 is 1.48 bits per heavy atom. The van der Waals surface area contributed by atoms with Crippen LogP contribution in [0.25, 0.3) is 0 Å². The molecule has 0 spiro atoms. The summed E-state index contributed by atoms with van der Waals surface area (Å²) in [5.74, 6) is 0. The van der Waals surface area contributed by atoms with Gasteiger partial charge < -0.3 is 4.90 Å². The van der Waals surface area contributed by atoms with Gasteiger partial charge in [-0.15, -0.1) is 0 Å². The minimum Gasteiger partial charge on any atom is -0.349 e. The molecule has 1 aliphatic heterocycles. The Hall–Kier alpha value is -2.63. The lowest BCUT2D eigenvalue weighted by atomic mass is 10.0. The van der Waals surface area contributed by atoms with Crippen LogP contribution in [0, 0.1) is 20.8 Å². The fourth-order valence-electron chi connectivity index (χ4n) is 3.98. The van der Waals surface area contributed by atoms with Crippen molar-refractivity contribution >= 4 is 15.7 Å². The zero-order valence-electron chi connectivity index (χ0n) is 17.0. The molecule has 0 aromatic heterocycles. The SMILES string of the molecule is Cc1ccc(S(=O)(=O)N2CC(c3ccccc3)N(c3ccc(C)cc3C)C2)cc1. The predicted molar refractivity (Wildman–Crippen MR) is 118 cm³/mol. The van der Waals surface area contributed by atoms with Crippen LogP contribution in [0.2, 0.25) is 0 Å². The Kier molecular flexibility index (Phi) is 5.19. The van der Waals surface area contributed by atoms with E-state index in [2.05, 4.69) is 49.1 Å². The van der Waals surface area contributed by atoms with Crippen LogP contribution in [0.3, 0.4) is 0 Å². The summed E-state index contributed by atoms with van der Waals surface area (Å²) in [6, 6.07) is 23.5. The van der Waals surface area contributed by atoms with E-state index in [1.54, 1.807) is 16.4 Å². The molecule has 5 heteroatoms. The van der Waals surface area contributed by atoms with Gasteiger partial charge in [-0.1, -0.05) is 65.7 Å². The molecular formula is C24H26N2O2S. The molecule has 150 valence electrons. The van der Waals surface area contributed by atoms with Crippen LogP contribution in [-0.4, -0.2) is 25.9 Å². The highest BCUT2D eigenvalue weighted by Gasteiger charge is 2.39. The molecule has 4 nitrogen and oxygen atoms in total. The summed E-state index contributed by atoms with van der Waals surface area (Å²) in [5, 5.41) is 0. The fourth-order valence-corrected chi connectivity index (χ4v) is 5.38. The molecule has 3 aromatic rings. The van der Waals surface area contributed by atoms with Gasteiger partial charge in [0.05, 0.1) is 17.6 Å². The largest absolute Gasteiger partial charge is 0.349 e. The minimum atomic E-state index is -3.57. The van der Waals surface area contributed by atoms with Gasteiger partial charge in [0.2, 0.25) is 10.0 Å². The van der Waals surface area contributed by atoms with Gasteiger partial charge in [-0.25, -0.2) is 8.42 Å². The lowest BCUT2D eigenvalue weighted by Gasteiger charge is -2.27. The molecule has 1 aliphatic rings. The first kappa shape index (κ1) is 19.7. The number of nitrogens with zero attached hydrogens (tertiary/aromatic N) is 2. The average Bonchev–Trinajstić information content (AvgIpc) is 3.15. The quantitative estimate of drug-likeness (QED) is 0.624. The molecule has 0 bridgehead atoms. The van der Waals surface area contributed by atoms with E-state index < -0.39 is 10.0 Å². The maximum absolute atomic E-state index is 13.3. The van der Waals surface area contributed by atoms with Gasteiger partial charge in [0, 0.05) is 12.2 Å². The normalized spacial score (nSPS) is 17.6.